The second-order valence-corrected chi connectivity index (χ2v) is 5.59. The molecule has 0 saturated heterocycles. The summed E-state index contributed by atoms with van der Waals surface area (Å²) in [7, 11) is 0. The van der Waals surface area contributed by atoms with Crippen LogP contribution in [0.1, 0.15) is 42.2 Å². The number of benzene rings is 1. The van der Waals surface area contributed by atoms with E-state index in [9.17, 15) is 19.1 Å². The third-order valence-electron chi connectivity index (χ3n) is 3.65. The van der Waals surface area contributed by atoms with Crippen LogP contribution in [-0.2, 0) is 4.79 Å². The fourth-order valence-electron chi connectivity index (χ4n) is 2.30. The lowest BCUT2D eigenvalue weighted by Gasteiger charge is -2.13. The van der Waals surface area contributed by atoms with Gasteiger partial charge in [0.05, 0.1) is 5.69 Å². The highest BCUT2D eigenvalue weighted by Crippen LogP contribution is 2.13. The van der Waals surface area contributed by atoms with E-state index in [1.54, 1.807) is 25.3 Å². The summed E-state index contributed by atoms with van der Waals surface area (Å²) in [6, 6.07) is 4.76. The zero-order chi connectivity index (χ0) is 17.7. The van der Waals surface area contributed by atoms with Crippen LogP contribution >= 0.6 is 0 Å². The first-order valence-corrected chi connectivity index (χ1v) is 7.78. The number of halogens is 1. The Kier molecular flexibility index (Phi) is 5.68. The first-order valence-electron chi connectivity index (χ1n) is 7.78. The lowest BCUT2D eigenvalue weighted by molar-refractivity contribution is -0.139. The van der Waals surface area contributed by atoms with Crippen molar-refractivity contribution in [2.45, 2.75) is 39.2 Å². The molecule has 24 heavy (non-hydrogen) atoms. The highest BCUT2D eigenvalue weighted by atomic mass is 19.1. The number of hydrogen-bond acceptors (Lipinski definition) is 3. The summed E-state index contributed by atoms with van der Waals surface area (Å²) in [5, 5.41) is 15.9. The van der Waals surface area contributed by atoms with Crippen molar-refractivity contribution in [2.75, 3.05) is 0 Å². The van der Waals surface area contributed by atoms with Crippen LogP contribution in [0.15, 0.2) is 30.5 Å². The number of carboxylic acids is 1. The quantitative estimate of drug-likeness (QED) is 0.816. The van der Waals surface area contributed by atoms with E-state index < -0.39 is 17.9 Å². The van der Waals surface area contributed by atoms with Crippen molar-refractivity contribution in [3.05, 3.63) is 47.5 Å². The molecule has 128 valence electrons. The van der Waals surface area contributed by atoms with Crippen molar-refractivity contribution >= 4 is 11.9 Å². The maximum absolute atomic E-state index is 13.0. The molecule has 2 N–H and O–H groups in total. The number of nitrogens with one attached hydrogen (secondary N) is 1. The predicted octanol–water partition coefficient (Wildman–Crippen LogP) is 2.69. The zero-order valence-electron chi connectivity index (χ0n) is 13.6. The molecule has 0 unspecified atom stereocenters. The summed E-state index contributed by atoms with van der Waals surface area (Å²) in [4.78, 5) is 23.6. The van der Waals surface area contributed by atoms with Crippen molar-refractivity contribution in [3.8, 4) is 5.69 Å². The van der Waals surface area contributed by atoms with Gasteiger partial charge in [-0.1, -0.05) is 19.8 Å². The molecule has 0 spiro atoms. The third kappa shape index (κ3) is 4.18. The molecule has 0 fully saturated rings. The van der Waals surface area contributed by atoms with Crippen LogP contribution in [0.25, 0.3) is 5.69 Å². The van der Waals surface area contributed by atoms with Crippen LogP contribution in [-0.4, -0.2) is 32.8 Å². The highest BCUT2D eigenvalue weighted by molar-refractivity contribution is 5.96. The molecule has 1 atom stereocenters. The zero-order valence-corrected chi connectivity index (χ0v) is 13.6. The molecule has 1 aromatic heterocycles. The monoisotopic (exact) mass is 333 g/mol. The van der Waals surface area contributed by atoms with Crippen LogP contribution in [0.3, 0.4) is 0 Å². The van der Waals surface area contributed by atoms with Crippen molar-refractivity contribution in [3.63, 3.8) is 0 Å². The molecule has 1 heterocycles. The normalized spacial score (nSPS) is 12.0. The molecule has 0 aliphatic rings. The number of rotatable bonds is 7. The Morgan fingerprint density at radius 1 is 1.33 bits per heavy atom. The van der Waals surface area contributed by atoms with Crippen molar-refractivity contribution < 1.29 is 19.1 Å². The molecular weight excluding hydrogens is 313 g/mol. The standard InChI is InChI=1S/C17H20FN3O3/c1-3-4-5-14(17(23)24)19-16(22)15-11(2)10-21(20-15)13-8-6-12(18)7-9-13/h6-10,14H,3-5H2,1-2H3,(H,19,22)(H,23,24)/t14-/m0/s1. The number of aryl methyl sites for hydroxylation is 1. The van der Waals surface area contributed by atoms with Gasteiger partial charge in [-0.2, -0.15) is 5.10 Å². The molecular formula is C17H20FN3O3. The van der Waals surface area contributed by atoms with Gasteiger partial charge in [-0.3, -0.25) is 4.79 Å². The molecule has 0 bridgehead atoms. The Morgan fingerprint density at radius 3 is 2.58 bits per heavy atom. The van der Waals surface area contributed by atoms with Gasteiger partial charge in [0.15, 0.2) is 5.69 Å². The first kappa shape index (κ1) is 17.7. The van der Waals surface area contributed by atoms with Crippen molar-refractivity contribution in [1.82, 2.24) is 15.1 Å². The minimum absolute atomic E-state index is 0.155. The molecule has 0 saturated carbocycles. The minimum atomic E-state index is -1.06. The Balaban J connectivity index is 2.17. The average molecular weight is 333 g/mol. The summed E-state index contributed by atoms with van der Waals surface area (Å²) in [6.07, 6.45) is 3.57. The van der Waals surface area contributed by atoms with Gasteiger partial charge in [-0.25, -0.2) is 13.9 Å². The topological polar surface area (TPSA) is 84.2 Å². The van der Waals surface area contributed by atoms with E-state index in [1.807, 2.05) is 6.92 Å². The highest BCUT2D eigenvalue weighted by Gasteiger charge is 2.23. The molecule has 1 amide bonds. The van der Waals surface area contributed by atoms with Crippen LogP contribution in [0, 0.1) is 12.7 Å². The van der Waals surface area contributed by atoms with E-state index in [-0.39, 0.29) is 11.5 Å². The number of amides is 1. The van der Waals surface area contributed by atoms with Crippen LogP contribution in [0.5, 0.6) is 0 Å². The summed E-state index contributed by atoms with van der Waals surface area (Å²) in [5.74, 6) is -1.95. The molecule has 0 aliphatic heterocycles. The van der Waals surface area contributed by atoms with Gasteiger partial charge in [-0.15, -0.1) is 0 Å². The average Bonchev–Trinajstić information content (AvgIpc) is 2.93. The first-order chi connectivity index (χ1) is 11.4. The lowest BCUT2D eigenvalue weighted by atomic mass is 10.1. The number of carbonyl (C=O) groups is 2. The van der Waals surface area contributed by atoms with Gasteiger partial charge >= 0.3 is 5.97 Å². The van der Waals surface area contributed by atoms with Gasteiger partial charge in [0, 0.05) is 11.8 Å². The number of carbonyl (C=O) groups excluding carboxylic acids is 1. The second kappa shape index (κ2) is 7.72. The number of unbranched alkanes of at least 4 members (excludes halogenated alkanes) is 1. The summed E-state index contributed by atoms with van der Waals surface area (Å²) >= 11 is 0. The Bertz CT molecular complexity index is 725. The van der Waals surface area contributed by atoms with E-state index in [0.29, 0.717) is 24.1 Å². The van der Waals surface area contributed by atoms with Crippen molar-refractivity contribution in [1.29, 1.82) is 0 Å². The summed E-state index contributed by atoms with van der Waals surface area (Å²) < 4.78 is 14.5. The van der Waals surface area contributed by atoms with Crippen LogP contribution < -0.4 is 5.32 Å². The van der Waals surface area contributed by atoms with Crippen LogP contribution in [0.4, 0.5) is 4.39 Å². The van der Waals surface area contributed by atoms with E-state index in [0.717, 1.165) is 6.42 Å². The minimum Gasteiger partial charge on any atom is -0.480 e. The largest absolute Gasteiger partial charge is 0.480 e. The number of hydrogen-bond donors (Lipinski definition) is 2. The summed E-state index contributed by atoms with van der Waals surface area (Å²) in [5.41, 5.74) is 1.37. The fourth-order valence-corrected chi connectivity index (χ4v) is 2.30. The number of carboxylic acid groups (broad SMARTS) is 1. The van der Waals surface area contributed by atoms with E-state index >= 15 is 0 Å². The van der Waals surface area contributed by atoms with Crippen LogP contribution in [0.2, 0.25) is 0 Å². The van der Waals surface area contributed by atoms with Gasteiger partial charge in [-0.05, 0) is 37.6 Å². The Hall–Kier alpha value is -2.70. The Labute approximate surface area is 139 Å². The van der Waals surface area contributed by atoms with Crippen molar-refractivity contribution in [2.24, 2.45) is 0 Å². The summed E-state index contributed by atoms with van der Waals surface area (Å²) in [6.45, 7) is 3.67. The molecule has 2 aromatic rings. The molecule has 2 rings (SSSR count). The van der Waals surface area contributed by atoms with Gasteiger partial charge in [0.1, 0.15) is 11.9 Å². The van der Waals surface area contributed by atoms with E-state index in [4.69, 9.17) is 0 Å². The maximum Gasteiger partial charge on any atom is 0.326 e. The third-order valence-corrected chi connectivity index (χ3v) is 3.65. The molecule has 6 nitrogen and oxygen atoms in total. The SMILES string of the molecule is CCCC[C@H](NC(=O)c1nn(-c2ccc(F)cc2)cc1C)C(=O)O. The number of nitrogens with zero attached hydrogens (tertiary/aromatic N) is 2. The van der Waals surface area contributed by atoms with E-state index in [2.05, 4.69) is 10.4 Å². The molecule has 7 heteroatoms. The molecule has 1 aromatic carbocycles. The fraction of sp³-hybridized carbons (Fsp3) is 0.353. The smallest absolute Gasteiger partial charge is 0.326 e. The lowest BCUT2D eigenvalue weighted by Crippen LogP contribution is -2.41. The van der Waals surface area contributed by atoms with Gasteiger partial charge in [0.25, 0.3) is 5.91 Å². The number of aromatic nitrogens is 2. The second-order valence-electron chi connectivity index (χ2n) is 5.59. The van der Waals surface area contributed by atoms with Gasteiger partial charge in [0.2, 0.25) is 0 Å². The predicted molar refractivity (Wildman–Crippen MR) is 86.7 cm³/mol. The molecule has 0 radical (unpaired) electrons. The molecule has 0 aliphatic carbocycles. The van der Waals surface area contributed by atoms with E-state index in [1.165, 1.54) is 16.8 Å². The van der Waals surface area contributed by atoms with Gasteiger partial charge < -0.3 is 10.4 Å². The Morgan fingerprint density at radius 2 is 2.00 bits per heavy atom. The maximum atomic E-state index is 13.0. The number of aliphatic carboxylic acids is 1.